The van der Waals surface area contributed by atoms with Crippen molar-refractivity contribution >= 4 is 11.6 Å². The second-order valence-electron chi connectivity index (χ2n) is 5.02. The molecule has 3 N–H and O–H groups in total. The molecule has 0 aliphatic carbocycles. The number of aliphatic hydroxyl groups excluding tert-OH is 2. The maximum Gasteiger partial charge on any atom is 0.270 e. The highest BCUT2D eigenvalue weighted by molar-refractivity contribution is 5.93. The van der Waals surface area contributed by atoms with E-state index >= 15 is 0 Å². The van der Waals surface area contributed by atoms with Crippen LogP contribution < -0.4 is 5.32 Å². The van der Waals surface area contributed by atoms with Crippen LogP contribution in [0, 0.1) is 0 Å². The van der Waals surface area contributed by atoms with Gasteiger partial charge in [-0.3, -0.25) is 9.20 Å². The Hall–Kier alpha value is -1.92. The lowest BCUT2D eigenvalue weighted by Crippen LogP contribution is -2.40. The summed E-state index contributed by atoms with van der Waals surface area (Å²) in [5.41, 5.74) is 2.17. The standard InChI is InChI=1S/C14H19N3O3/c1-9(2)10-3-4-13-15-5-12(17(13)6-10)14(20)16-11(7-18)8-19/h3-6,9,11,18-19H,7-8H2,1-2H3,(H,16,20). The van der Waals surface area contributed by atoms with Gasteiger partial charge in [-0.25, -0.2) is 4.98 Å². The fraction of sp³-hybridized carbons (Fsp3) is 0.429. The Balaban J connectivity index is 2.34. The van der Waals surface area contributed by atoms with Crippen LogP contribution in [0.5, 0.6) is 0 Å². The van der Waals surface area contributed by atoms with Gasteiger partial charge < -0.3 is 15.5 Å². The zero-order valence-electron chi connectivity index (χ0n) is 11.6. The molecule has 0 radical (unpaired) electrons. The van der Waals surface area contributed by atoms with Crippen molar-refractivity contribution in [3.8, 4) is 0 Å². The number of amides is 1. The third-order valence-electron chi connectivity index (χ3n) is 3.20. The molecule has 20 heavy (non-hydrogen) atoms. The van der Waals surface area contributed by atoms with Gasteiger partial charge in [-0.15, -0.1) is 0 Å². The zero-order valence-corrected chi connectivity index (χ0v) is 11.6. The molecule has 0 fully saturated rings. The third-order valence-corrected chi connectivity index (χ3v) is 3.20. The number of fused-ring (bicyclic) bond motifs is 1. The molecule has 6 nitrogen and oxygen atoms in total. The SMILES string of the molecule is CC(C)c1ccc2ncc(C(=O)NC(CO)CO)n2c1. The van der Waals surface area contributed by atoms with Crippen LogP contribution in [0.3, 0.4) is 0 Å². The molecular weight excluding hydrogens is 258 g/mol. The van der Waals surface area contributed by atoms with Gasteiger partial charge in [-0.05, 0) is 17.5 Å². The summed E-state index contributed by atoms with van der Waals surface area (Å²) in [6.07, 6.45) is 3.37. The second-order valence-corrected chi connectivity index (χ2v) is 5.02. The Kier molecular flexibility index (Phi) is 4.36. The van der Waals surface area contributed by atoms with E-state index in [1.54, 1.807) is 4.40 Å². The molecule has 2 heterocycles. The van der Waals surface area contributed by atoms with Crippen LogP contribution in [-0.2, 0) is 0 Å². The van der Waals surface area contributed by atoms with Gasteiger partial charge in [-0.2, -0.15) is 0 Å². The summed E-state index contributed by atoms with van der Waals surface area (Å²) in [5.74, 6) is -0.0214. The number of carbonyl (C=O) groups is 1. The molecule has 2 aromatic rings. The second kappa shape index (κ2) is 6.02. The number of carbonyl (C=O) groups excluding carboxylic acids is 1. The molecular formula is C14H19N3O3. The van der Waals surface area contributed by atoms with E-state index in [1.165, 1.54) is 6.20 Å². The van der Waals surface area contributed by atoms with E-state index in [-0.39, 0.29) is 19.1 Å². The van der Waals surface area contributed by atoms with Crippen molar-refractivity contribution in [2.45, 2.75) is 25.8 Å². The first kappa shape index (κ1) is 14.5. The molecule has 0 aromatic carbocycles. The molecule has 1 amide bonds. The number of nitrogens with zero attached hydrogens (tertiary/aromatic N) is 2. The van der Waals surface area contributed by atoms with Gasteiger partial charge >= 0.3 is 0 Å². The van der Waals surface area contributed by atoms with Crippen molar-refractivity contribution in [2.24, 2.45) is 0 Å². The minimum atomic E-state index is -0.665. The summed E-state index contributed by atoms with van der Waals surface area (Å²) in [5, 5.41) is 20.6. The van der Waals surface area contributed by atoms with Crippen molar-refractivity contribution in [1.82, 2.24) is 14.7 Å². The van der Waals surface area contributed by atoms with E-state index in [0.717, 1.165) is 5.56 Å². The van der Waals surface area contributed by atoms with Crippen LogP contribution in [0.15, 0.2) is 24.5 Å². The lowest BCUT2D eigenvalue weighted by Gasteiger charge is -2.13. The average Bonchev–Trinajstić information content (AvgIpc) is 2.87. The maximum atomic E-state index is 12.1. The normalized spacial score (nSPS) is 11.5. The van der Waals surface area contributed by atoms with E-state index in [1.807, 2.05) is 18.3 Å². The molecule has 0 bridgehead atoms. The summed E-state index contributed by atoms with van der Waals surface area (Å²) >= 11 is 0. The number of pyridine rings is 1. The van der Waals surface area contributed by atoms with Gasteiger partial charge in [0, 0.05) is 6.20 Å². The minimum absolute atomic E-state index is 0.309. The summed E-state index contributed by atoms with van der Waals surface area (Å²) in [4.78, 5) is 16.3. The number of aliphatic hydroxyl groups is 2. The van der Waals surface area contributed by atoms with Gasteiger partial charge in [0.15, 0.2) is 0 Å². The van der Waals surface area contributed by atoms with Gasteiger partial charge in [-0.1, -0.05) is 19.9 Å². The highest BCUT2D eigenvalue weighted by Crippen LogP contribution is 2.16. The van der Waals surface area contributed by atoms with E-state index in [9.17, 15) is 4.79 Å². The summed E-state index contributed by atoms with van der Waals surface area (Å²) in [7, 11) is 0. The van der Waals surface area contributed by atoms with E-state index in [4.69, 9.17) is 10.2 Å². The third kappa shape index (κ3) is 2.81. The molecule has 2 aromatic heterocycles. The monoisotopic (exact) mass is 277 g/mol. The topological polar surface area (TPSA) is 86.9 Å². The predicted octanol–water partition coefficient (Wildman–Crippen LogP) is 0.541. The fourth-order valence-electron chi connectivity index (χ4n) is 1.91. The summed E-state index contributed by atoms with van der Waals surface area (Å²) in [6, 6.07) is 3.18. The number of hydrogen-bond donors (Lipinski definition) is 3. The maximum absolute atomic E-state index is 12.1. The zero-order chi connectivity index (χ0) is 14.7. The minimum Gasteiger partial charge on any atom is -0.394 e. The van der Waals surface area contributed by atoms with Crippen LogP contribution in [0.4, 0.5) is 0 Å². The number of aromatic nitrogens is 2. The largest absolute Gasteiger partial charge is 0.394 e. The van der Waals surface area contributed by atoms with Crippen molar-refractivity contribution in [3.05, 3.63) is 35.8 Å². The van der Waals surface area contributed by atoms with Crippen LogP contribution in [0.25, 0.3) is 5.65 Å². The number of hydrogen-bond acceptors (Lipinski definition) is 4. The lowest BCUT2D eigenvalue weighted by molar-refractivity contribution is 0.0873. The molecule has 6 heteroatoms. The lowest BCUT2D eigenvalue weighted by atomic mass is 10.1. The Bertz CT molecular complexity index is 603. The highest BCUT2D eigenvalue weighted by Gasteiger charge is 2.16. The molecule has 0 aliphatic rings. The van der Waals surface area contributed by atoms with Crippen LogP contribution >= 0.6 is 0 Å². The van der Waals surface area contributed by atoms with Crippen molar-refractivity contribution in [3.63, 3.8) is 0 Å². The first-order valence-corrected chi connectivity index (χ1v) is 6.56. The number of rotatable bonds is 5. The summed E-state index contributed by atoms with van der Waals surface area (Å²) < 4.78 is 1.72. The molecule has 0 aliphatic heterocycles. The van der Waals surface area contributed by atoms with E-state index in [0.29, 0.717) is 17.3 Å². The molecule has 0 unspecified atom stereocenters. The fourth-order valence-corrected chi connectivity index (χ4v) is 1.91. The van der Waals surface area contributed by atoms with Gasteiger partial charge in [0.1, 0.15) is 11.3 Å². The Morgan fingerprint density at radius 1 is 1.35 bits per heavy atom. The number of imidazole rings is 1. The molecule has 2 rings (SSSR count). The van der Waals surface area contributed by atoms with Crippen LogP contribution in [-0.4, -0.2) is 44.8 Å². The van der Waals surface area contributed by atoms with Crippen molar-refractivity contribution < 1.29 is 15.0 Å². The van der Waals surface area contributed by atoms with Gasteiger partial charge in [0.05, 0.1) is 25.5 Å². The van der Waals surface area contributed by atoms with Crippen LogP contribution in [0.1, 0.15) is 35.8 Å². The van der Waals surface area contributed by atoms with Crippen LogP contribution in [0.2, 0.25) is 0 Å². The highest BCUT2D eigenvalue weighted by atomic mass is 16.3. The van der Waals surface area contributed by atoms with Gasteiger partial charge in [0.25, 0.3) is 5.91 Å². The molecule has 0 atom stereocenters. The van der Waals surface area contributed by atoms with Crippen molar-refractivity contribution in [2.75, 3.05) is 13.2 Å². The Morgan fingerprint density at radius 3 is 2.65 bits per heavy atom. The quantitative estimate of drug-likeness (QED) is 0.744. The predicted molar refractivity (Wildman–Crippen MR) is 74.7 cm³/mol. The molecule has 108 valence electrons. The smallest absolute Gasteiger partial charge is 0.270 e. The molecule has 0 spiro atoms. The van der Waals surface area contributed by atoms with Gasteiger partial charge in [0.2, 0.25) is 0 Å². The number of nitrogens with one attached hydrogen (secondary N) is 1. The Morgan fingerprint density at radius 2 is 2.05 bits per heavy atom. The molecule has 0 saturated heterocycles. The van der Waals surface area contributed by atoms with E-state index in [2.05, 4.69) is 24.1 Å². The summed E-state index contributed by atoms with van der Waals surface area (Å²) in [6.45, 7) is 3.53. The average molecular weight is 277 g/mol. The first-order chi connectivity index (χ1) is 9.56. The first-order valence-electron chi connectivity index (χ1n) is 6.56. The van der Waals surface area contributed by atoms with Crippen molar-refractivity contribution in [1.29, 1.82) is 0 Å². The molecule has 0 saturated carbocycles. The Labute approximate surface area is 117 Å². The van der Waals surface area contributed by atoms with E-state index < -0.39 is 6.04 Å².